The van der Waals surface area contributed by atoms with Crippen LogP contribution in [-0.2, 0) is 0 Å². The number of hydrogen-bond acceptors (Lipinski definition) is 4. The lowest BCUT2D eigenvalue weighted by molar-refractivity contribution is -0.384. The average molecular weight is 322 g/mol. The Morgan fingerprint density at radius 2 is 1.95 bits per heavy atom. The Bertz CT molecular complexity index is 644. The molecule has 2 aromatic rings. The maximum absolute atomic E-state index is 10.6. The molecule has 0 atom stereocenters. The van der Waals surface area contributed by atoms with E-state index in [0.717, 1.165) is 15.7 Å². The van der Waals surface area contributed by atoms with Gasteiger partial charge in [-0.15, -0.1) is 0 Å². The minimum Gasteiger partial charge on any atom is -0.397 e. The van der Waals surface area contributed by atoms with Crippen molar-refractivity contribution in [2.45, 2.75) is 6.92 Å². The molecular formula is C13H12BrN3O2. The summed E-state index contributed by atoms with van der Waals surface area (Å²) < 4.78 is 0.899. The number of nitro groups is 1. The Morgan fingerprint density at radius 1 is 1.21 bits per heavy atom. The predicted octanol–water partition coefficient (Wildman–Crippen LogP) is 3.99. The highest BCUT2D eigenvalue weighted by molar-refractivity contribution is 9.10. The lowest BCUT2D eigenvalue weighted by atomic mass is 10.2. The zero-order chi connectivity index (χ0) is 14.0. The number of aryl methyl sites for hydroxylation is 1. The molecule has 5 nitrogen and oxygen atoms in total. The van der Waals surface area contributed by atoms with E-state index in [0.29, 0.717) is 11.4 Å². The maximum Gasteiger partial charge on any atom is 0.271 e. The molecule has 19 heavy (non-hydrogen) atoms. The van der Waals surface area contributed by atoms with Crippen LogP contribution in [0.4, 0.5) is 22.7 Å². The lowest BCUT2D eigenvalue weighted by Gasteiger charge is -2.11. The van der Waals surface area contributed by atoms with Crippen LogP contribution in [0.25, 0.3) is 0 Å². The molecule has 3 N–H and O–H groups in total. The average Bonchev–Trinajstić information content (AvgIpc) is 2.36. The van der Waals surface area contributed by atoms with Crippen LogP contribution in [0, 0.1) is 17.0 Å². The summed E-state index contributed by atoms with van der Waals surface area (Å²) in [4.78, 5) is 10.2. The molecule has 0 spiro atoms. The summed E-state index contributed by atoms with van der Waals surface area (Å²) in [5.74, 6) is 0. The van der Waals surface area contributed by atoms with Gasteiger partial charge in [-0.1, -0.05) is 6.07 Å². The topological polar surface area (TPSA) is 81.2 Å². The maximum atomic E-state index is 10.6. The highest BCUT2D eigenvalue weighted by Gasteiger charge is 2.09. The molecule has 6 heteroatoms. The third kappa shape index (κ3) is 3.03. The van der Waals surface area contributed by atoms with Crippen LogP contribution in [0.3, 0.4) is 0 Å². The van der Waals surface area contributed by atoms with E-state index in [1.165, 1.54) is 12.1 Å². The number of nitrogens with zero attached hydrogens (tertiary/aromatic N) is 1. The number of nitrogens with one attached hydrogen (secondary N) is 1. The van der Waals surface area contributed by atoms with Crippen molar-refractivity contribution in [3.05, 3.63) is 56.5 Å². The van der Waals surface area contributed by atoms with Crippen molar-refractivity contribution in [1.82, 2.24) is 0 Å². The minimum atomic E-state index is -0.470. The molecule has 0 radical (unpaired) electrons. The van der Waals surface area contributed by atoms with Crippen LogP contribution < -0.4 is 11.1 Å². The summed E-state index contributed by atoms with van der Waals surface area (Å²) >= 11 is 3.44. The van der Waals surface area contributed by atoms with Crippen molar-refractivity contribution in [2.24, 2.45) is 0 Å². The van der Waals surface area contributed by atoms with Crippen LogP contribution in [0.15, 0.2) is 40.9 Å². The van der Waals surface area contributed by atoms with Gasteiger partial charge in [-0.3, -0.25) is 10.1 Å². The predicted molar refractivity (Wildman–Crippen MR) is 79.7 cm³/mol. The molecule has 0 aliphatic carbocycles. The van der Waals surface area contributed by atoms with Crippen LogP contribution in [0.5, 0.6) is 0 Å². The molecule has 0 heterocycles. The van der Waals surface area contributed by atoms with E-state index in [1.807, 2.05) is 25.1 Å². The molecule has 2 aromatic carbocycles. The first-order valence-corrected chi connectivity index (χ1v) is 6.34. The number of rotatable bonds is 3. The standard InChI is InChI=1S/C13H12BrN3O2/c1-8-2-4-10(14)13(6-8)16-12-5-3-9(17(18)19)7-11(12)15/h2-7,16H,15H2,1H3. The summed E-state index contributed by atoms with van der Waals surface area (Å²) in [5.41, 5.74) is 8.73. The van der Waals surface area contributed by atoms with Crippen LogP contribution >= 0.6 is 15.9 Å². The highest BCUT2D eigenvalue weighted by Crippen LogP contribution is 2.31. The second-order valence-electron chi connectivity index (χ2n) is 4.14. The molecule has 0 unspecified atom stereocenters. The summed E-state index contributed by atoms with van der Waals surface area (Å²) in [6.45, 7) is 1.98. The molecule has 0 aliphatic rings. The van der Waals surface area contributed by atoms with Crippen molar-refractivity contribution in [3.8, 4) is 0 Å². The van der Waals surface area contributed by atoms with Crippen molar-refractivity contribution < 1.29 is 4.92 Å². The number of halogens is 1. The second kappa shape index (κ2) is 5.27. The number of non-ortho nitro benzene ring substituents is 1. The fraction of sp³-hybridized carbons (Fsp3) is 0.0769. The number of nitrogen functional groups attached to an aromatic ring is 1. The van der Waals surface area contributed by atoms with Crippen molar-refractivity contribution >= 4 is 38.7 Å². The smallest absolute Gasteiger partial charge is 0.271 e. The van der Waals surface area contributed by atoms with Gasteiger partial charge in [0.25, 0.3) is 5.69 Å². The minimum absolute atomic E-state index is 0.0219. The second-order valence-corrected chi connectivity index (χ2v) is 4.99. The van der Waals surface area contributed by atoms with Gasteiger partial charge in [0.1, 0.15) is 0 Å². The van der Waals surface area contributed by atoms with Gasteiger partial charge in [0.2, 0.25) is 0 Å². The normalized spacial score (nSPS) is 10.2. The van der Waals surface area contributed by atoms with Crippen LogP contribution in [-0.4, -0.2) is 4.92 Å². The van der Waals surface area contributed by atoms with Crippen molar-refractivity contribution in [3.63, 3.8) is 0 Å². The summed E-state index contributed by atoms with van der Waals surface area (Å²) in [5, 5.41) is 13.8. The third-order valence-electron chi connectivity index (χ3n) is 2.64. The first kappa shape index (κ1) is 13.4. The largest absolute Gasteiger partial charge is 0.397 e. The number of anilines is 3. The molecule has 2 rings (SSSR count). The van der Waals surface area contributed by atoms with E-state index >= 15 is 0 Å². The van der Waals surface area contributed by atoms with Gasteiger partial charge in [-0.2, -0.15) is 0 Å². The molecule has 0 aliphatic heterocycles. The Morgan fingerprint density at radius 3 is 2.58 bits per heavy atom. The fourth-order valence-corrected chi connectivity index (χ4v) is 2.00. The Kier molecular flexibility index (Phi) is 3.71. The molecule has 0 fully saturated rings. The molecule has 0 bridgehead atoms. The highest BCUT2D eigenvalue weighted by atomic mass is 79.9. The van der Waals surface area contributed by atoms with E-state index in [1.54, 1.807) is 6.07 Å². The van der Waals surface area contributed by atoms with Gasteiger partial charge in [0.15, 0.2) is 0 Å². The van der Waals surface area contributed by atoms with Gasteiger partial charge in [0, 0.05) is 16.6 Å². The molecule has 98 valence electrons. The summed E-state index contributed by atoms with van der Waals surface area (Å²) in [6.07, 6.45) is 0. The summed E-state index contributed by atoms with van der Waals surface area (Å²) in [6, 6.07) is 10.2. The van der Waals surface area contributed by atoms with E-state index in [2.05, 4.69) is 21.2 Å². The monoisotopic (exact) mass is 321 g/mol. The summed E-state index contributed by atoms with van der Waals surface area (Å²) in [7, 11) is 0. The van der Waals surface area contributed by atoms with E-state index < -0.39 is 4.92 Å². The number of hydrogen-bond donors (Lipinski definition) is 2. The van der Waals surface area contributed by atoms with E-state index in [9.17, 15) is 10.1 Å². The Labute approximate surface area is 118 Å². The Hall–Kier alpha value is -2.08. The number of benzene rings is 2. The molecule has 0 aromatic heterocycles. The third-order valence-corrected chi connectivity index (χ3v) is 3.33. The van der Waals surface area contributed by atoms with Crippen molar-refractivity contribution in [2.75, 3.05) is 11.1 Å². The first-order chi connectivity index (χ1) is 8.97. The van der Waals surface area contributed by atoms with E-state index in [4.69, 9.17) is 5.73 Å². The fourth-order valence-electron chi connectivity index (χ4n) is 1.66. The van der Waals surface area contributed by atoms with Crippen LogP contribution in [0.1, 0.15) is 5.56 Å². The quantitative estimate of drug-likeness (QED) is 0.508. The molecule has 0 saturated carbocycles. The first-order valence-electron chi connectivity index (χ1n) is 5.54. The lowest BCUT2D eigenvalue weighted by Crippen LogP contribution is -1.98. The SMILES string of the molecule is Cc1ccc(Br)c(Nc2ccc([N+](=O)[O-])cc2N)c1. The Balaban J connectivity index is 2.33. The zero-order valence-electron chi connectivity index (χ0n) is 10.2. The van der Waals surface area contributed by atoms with Gasteiger partial charge >= 0.3 is 0 Å². The molecule has 0 amide bonds. The van der Waals surface area contributed by atoms with Crippen LogP contribution in [0.2, 0.25) is 0 Å². The van der Waals surface area contributed by atoms with Gasteiger partial charge in [0.05, 0.1) is 22.0 Å². The van der Waals surface area contributed by atoms with Gasteiger partial charge in [-0.05, 0) is 46.6 Å². The number of nitrogens with two attached hydrogens (primary N) is 1. The van der Waals surface area contributed by atoms with Gasteiger partial charge < -0.3 is 11.1 Å². The number of nitro benzene ring substituents is 1. The molecular weight excluding hydrogens is 310 g/mol. The van der Waals surface area contributed by atoms with E-state index in [-0.39, 0.29) is 5.69 Å². The van der Waals surface area contributed by atoms with Crippen molar-refractivity contribution in [1.29, 1.82) is 0 Å². The molecule has 0 saturated heterocycles. The van der Waals surface area contributed by atoms with Gasteiger partial charge in [-0.25, -0.2) is 0 Å². The zero-order valence-corrected chi connectivity index (χ0v) is 11.8.